The van der Waals surface area contributed by atoms with E-state index in [1.54, 1.807) is 18.3 Å². The van der Waals surface area contributed by atoms with Crippen LogP contribution < -0.4 is 31.1 Å². The highest BCUT2D eigenvalue weighted by atomic mass is 16.5. The molecule has 1 amide bonds. The van der Waals surface area contributed by atoms with Crippen LogP contribution in [0, 0.1) is 0 Å². The molecule has 4 N–H and O–H groups in total. The third-order valence-corrected chi connectivity index (χ3v) is 4.85. The Kier molecular flexibility index (Phi) is 6.26. The summed E-state index contributed by atoms with van der Waals surface area (Å²) in [6.45, 7) is 2.96. The van der Waals surface area contributed by atoms with Gasteiger partial charge in [-0.15, -0.1) is 0 Å². The first-order valence-corrected chi connectivity index (χ1v) is 9.95. The molecule has 0 radical (unpaired) electrons. The number of anilines is 4. The molecule has 10 heteroatoms. The average Bonchev–Trinajstić information content (AvgIpc) is 2.83. The molecular formula is C21H24N8O2. The van der Waals surface area contributed by atoms with E-state index >= 15 is 0 Å². The summed E-state index contributed by atoms with van der Waals surface area (Å²) >= 11 is 0. The molecule has 0 unspecified atom stereocenters. The standard InChI is InChI=1S/C21H24N8O2/c22-19-20(27-26-18(30)14-31-16-6-2-1-3-7-16)24-15-25-21(19)29-12-10-28(11-13-29)17-8-4-5-9-23-17/h1-9,15H,10-14,22H2,(H,26,30)(H,24,25,27). The van der Waals surface area contributed by atoms with Gasteiger partial charge in [0, 0.05) is 32.4 Å². The molecule has 3 aromatic rings. The molecule has 0 saturated carbocycles. The Morgan fingerprint density at radius 3 is 2.45 bits per heavy atom. The van der Waals surface area contributed by atoms with E-state index in [0.29, 0.717) is 23.1 Å². The van der Waals surface area contributed by atoms with Crippen molar-refractivity contribution in [2.24, 2.45) is 0 Å². The zero-order valence-corrected chi connectivity index (χ0v) is 16.9. The van der Waals surface area contributed by atoms with Crippen molar-refractivity contribution in [1.82, 2.24) is 20.4 Å². The van der Waals surface area contributed by atoms with Crippen LogP contribution in [-0.2, 0) is 4.79 Å². The number of carbonyl (C=O) groups is 1. The van der Waals surface area contributed by atoms with Crippen LogP contribution in [0.1, 0.15) is 0 Å². The molecule has 1 aromatic carbocycles. The lowest BCUT2D eigenvalue weighted by Gasteiger charge is -2.36. The quantitative estimate of drug-likeness (QED) is 0.486. The number of hydrazine groups is 1. The highest BCUT2D eigenvalue weighted by molar-refractivity contribution is 5.81. The molecule has 10 nitrogen and oxygen atoms in total. The number of carbonyl (C=O) groups excluding carboxylic acids is 1. The second-order valence-corrected chi connectivity index (χ2v) is 6.90. The van der Waals surface area contributed by atoms with Crippen molar-refractivity contribution in [1.29, 1.82) is 0 Å². The number of nitrogen functional groups attached to an aromatic ring is 1. The zero-order valence-electron chi connectivity index (χ0n) is 16.9. The predicted molar refractivity (Wildman–Crippen MR) is 119 cm³/mol. The molecule has 1 saturated heterocycles. The molecule has 0 bridgehead atoms. The number of para-hydroxylation sites is 1. The van der Waals surface area contributed by atoms with Crippen molar-refractivity contribution >= 4 is 29.0 Å². The van der Waals surface area contributed by atoms with E-state index in [9.17, 15) is 4.79 Å². The van der Waals surface area contributed by atoms with Gasteiger partial charge in [-0.25, -0.2) is 15.0 Å². The van der Waals surface area contributed by atoms with E-state index in [0.717, 1.165) is 32.0 Å². The number of nitrogens with one attached hydrogen (secondary N) is 2. The largest absolute Gasteiger partial charge is 0.484 e. The lowest BCUT2D eigenvalue weighted by atomic mass is 10.3. The van der Waals surface area contributed by atoms with Crippen molar-refractivity contribution in [2.75, 3.05) is 53.7 Å². The number of benzene rings is 1. The summed E-state index contributed by atoms with van der Waals surface area (Å²) < 4.78 is 5.42. The first kappa shape index (κ1) is 20.2. The first-order valence-electron chi connectivity index (χ1n) is 9.95. The third kappa shape index (κ3) is 5.10. The maximum Gasteiger partial charge on any atom is 0.276 e. The minimum absolute atomic E-state index is 0.135. The average molecular weight is 420 g/mol. The number of piperazine rings is 1. The van der Waals surface area contributed by atoms with E-state index in [1.165, 1.54) is 6.33 Å². The van der Waals surface area contributed by atoms with Gasteiger partial charge in [0.1, 0.15) is 23.6 Å². The topological polar surface area (TPSA) is 122 Å². The van der Waals surface area contributed by atoms with Gasteiger partial charge >= 0.3 is 0 Å². The Morgan fingerprint density at radius 1 is 0.968 bits per heavy atom. The molecule has 1 fully saturated rings. The summed E-state index contributed by atoms with van der Waals surface area (Å²) in [7, 11) is 0. The van der Waals surface area contributed by atoms with Gasteiger partial charge in [0.25, 0.3) is 5.91 Å². The van der Waals surface area contributed by atoms with Crippen LogP contribution in [-0.4, -0.2) is 53.6 Å². The number of amides is 1. The molecular weight excluding hydrogens is 396 g/mol. The summed E-state index contributed by atoms with van der Waals surface area (Å²) in [6, 6.07) is 15.0. The molecule has 0 aliphatic carbocycles. The van der Waals surface area contributed by atoms with Gasteiger partial charge in [-0.3, -0.25) is 15.6 Å². The van der Waals surface area contributed by atoms with Gasteiger partial charge in [-0.05, 0) is 24.3 Å². The number of hydrogen-bond acceptors (Lipinski definition) is 9. The highest BCUT2D eigenvalue weighted by Gasteiger charge is 2.22. The number of nitrogens with two attached hydrogens (primary N) is 1. The molecule has 31 heavy (non-hydrogen) atoms. The number of rotatable bonds is 7. The zero-order chi connectivity index (χ0) is 21.5. The fourth-order valence-corrected chi connectivity index (χ4v) is 3.26. The van der Waals surface area contributed by atoms with Gasteiger partial charge in [-0.2, -0.15) is 0 Å². The van der Waals surface area contributed by atoms with Crippen molar-refractivity contribution in [3.05, 3.63) is 61.1 Å². The number of ether oxygens (including phenoxy) is 1. The Hall–Kier alpha value is -4.08. The smallest absolute Gasteiger partial charge is 0.276 e. The van der Waals surface area contributed by atoms with Gasteiger partial charge < -0.3 is 20.3 Å². The molecule has 1 aliphatic rings. The molecule has 1 aliphatic heterocycles. The summed E-state index contributed by atoms with van der Waals surface area (Å²) in [4.78, 5) is 29.3. The van der Waals surface area contributed by atoms with Crippen LogP contribution in [0.4, 0.5) is 23.1 Å². The van der Waals surface area contributed by atoms with E-state index < -0.39 is 0 Å². The minimum atomic E-state index is -0.354. The van der Waals surface area contributed by atoms with E-state index in [2.05, 4.69) is 35.6 Å². The van der Waals surface area contributed by atoms with Crippen LogP contribution in [0.15, 0.2) is 61.1 Å². The molecule has 4 rings (SSSR count). The summed E-state index contributed by atoms with van der Waals surface area (Å²) in [6.07, 6.45) is 3.22. The van der Waals surface area contributed by atoms with E-state index in [-0.39, 0.29) is 12.5 Å². The molecule has 3 heterocycles. The Labute approximate surface area is 180 Å². The molecule has 160 valence electrons. The highest BCUT2D eigenvalue weighted by Crippen LogP contribution is 2.27. The van der Waals surface area contributed by atoms with Gasteiger partial charge in [0.05, 0.1) is 0 Å². The number of aromatic nitrogens is 3. The van der Waals surface area contributed by atoms with Crippen LogP contribution in [0.3, 0.4) is 0 Å². The number of hydrogen-bond donors (Lipinski definition) is 3. The van der Waals surface area contributed by atoms with Crippen LogP contribution >= 0.6 is 0 Å². The fraction of sp³-hybridized carbons (Fsp3) is 0.238. The SMILES string of the molecule is Nc1c(NNC(=O)COc2ccccc2)ncnc1N1CCN(c2ccccn2)CC1. The van der Waals surface area contributed by atoms with Gasteiger partial charge in [0.15, 0.2) is 18.2 Å². The van der Waals surface area contributed by atoms with Crippen molar-refractivity contribution in [3.63, 3.8) is 0 Å². The van der Waals surface area contributed by atoms with Crippen LogP contribution in [0.25, 0.3) is 0 Å². The van der Waals surface area contributed by atoms with Crippen molar-refractivity contribution in [2.45, 2.75) is 0 Å². The van der Waals surface area contributed by atoms with Crippen LogP contribution in [0.2, 0.25) is 0 Å². The molecule has 0 spiro atoms. The maximum atomic E-state index is 12.1. The van der Waals surface area contributed by atoms with Crippen molar-refractivity contribution < 1.29 is 9.53 Å². The summed E-state index contributed by atoms with van der Waals surface area (Å²) in [5.41, 5.74) is 12.0. The van der Waals surface area contributed by atoms with Gasteiger partial charge in [-0.1, -0.05) is 24.3 Å². The summed E-state index contributed by atoms with van der Waals surface area (Å²) in [5.74, 6) is 2.19. The second-order valence-electron chi connectivity index (χ2n) is 6.90. The summed E-state index contributed by atoms with van der Waals surface area (Å²) in [5, 5.41) is 0. The van der Waals surface area contributed by atoms with E-state index in [1.807, 2.05) is 36.4 Å². The van der Waals surface area contributed by atoms with Crippen molar-refractivity contribution in [3.8, 4) is 5.75 Å². The number of nitrogens with zero attached hydrogens (tertiary/aromatic N) is 5. The molecule has 2 aromatic heterocycles. The Morgan fingerprint density at radius 2 is 1.71 bits per heavy atom. The maximum absolute atomic E-state index is 12.1. The monoisotopic (exact) mass is 420 g/mol. The van der Waals surface area contributed by atoms with Crippen LogP contribution in [0.5, 0.6) is 5.75 Å². The lowest BCUT2D eigenvalue weighted by Crippen LogP contribution is -2.47. The minimum Gasteiger partial charge on any atom is -0.484 e. The van der Waals surface area contributed by atoms with E-state index in [4.69, 9.17) is 10.5 Å². The Balaban J connectivity index is 1.31. The lowest BCUT2D eigenvalue weighted by molar-refractivity contribution is -0.122. The first-order chi connectivity index (χ1) is 15.2. The second kappa shape index (κ2) is 9.61. The van der Waals surface area contributed by atoms with Gasteiger partial charge in [0.2, 0.25) is 0 Å². The molecule has 0 atom stereocenters. The normalized spacial score (nSPS) is 13.5. The third-order valence-electron chi connectivity index (χ3n) is 4.85. The fourth-order valence-electron chi connectivity index (χ4n) is 3.26. The Bertz CT molecular complexity index is 995. The predicted octanol–water partition coefficient (Wildman–Crippen LogP) is 1.30. The number of pyridine rings is 1.